The number of nitrogens with zero attached hydrogens (tertiary/aromatic N) is 2. The topological polar surface area (TPSA) is 43.8 Å². The zero-order chi connectivity index (χ0) is 11.7. The lowest BCUT2D eigenvalue weighted by Crippen LogP contribution is -2.01. The lowest BCUT2D eigenvalue weighted by atomic mass is 10.3. The van der Waals surface area contributed by atoms with E-state index in [0.29, 0.717) is 16.6 Å². The van der Waals surface area contributed by atoms with Gasteiger partial charge in [-0.1, -0.05) is 29.3 Å². The normalized spacial score (nSPS) is 10.8. The molecule has 1 aromatic heterocycles. The van der Waals surface area contributed by atoms with E-state index in [0.717, 1.165) is 15.9 Å². The van der Waals surface area contributed by atoms with Gasteiger partial charge in [0.15, 0.2) is 0 Å². The Labute approximate surface area is 111 Å². The van der Waals surface area contributed by atoms with Crippen molar-refractivity contribution in [3.63, 3.8) is 0 Å². The molecule has 3 nitrogen and oxygen atoms in total. The number of rotatable bonds is 2. The smallest absolute Gasteiger partial charge is 0.0906 e. The van der Waals surface area contributed by atoms with E-state index < -0.39 is 0 Å². The van der Waals surface area contributed by atoms with E-state index in [1.54, 1.807) is 16.9 Å². The molecule has 84 valence electrons. The fraction of sp³-hybridized carbons (Fsp3) is 0.100. The Morgan fingerprint density at radius 2 is 2.12 bits per heavy atom. The Hall–Kier alpha value is -0.550. The predicted molar refractivity (Wildman–Crippen MR) is 69.2 cm³/mol. The molecule has 1 aromatic carbocycles. The van der Waals surface area contributed by atoms with Crippen LogP contribution in [0.1, 0.15) is 5.69 Å². The Bertz CT molecular complexity index is 525. The first-order valence-electron chi connectivity index (χ1n) is 4.52. The SMILES string of the molecule is NCc1nn(-c2cccc(Cl)c2Cl)cc1Br. The first-order valence-corrected chi connectivity index (χ1v) is 6.07. The highest BCUT2D eigenvalue weighted by molar-refractivity contribution is 9.10. The second kappa shape index (κ2) is 4.75. The minimum absolute atomic E-state index is 0.367. The monoisotopic (exact) mass is 319 g/mol. The minimum atomic E-state index is 0.367. The second-order valence-electron chi connectivity index (χ2n) is 3.15. The maximum Gasteiger partial charge on any atom is 0.0906 e. The number of hydrogen-bond acceptors (Lipinski definition) is 2. The molecular weight excluding hydrogens is 313 g/mol. The van der Waals surface area contributed by atoms with Gasteiger partial charge in [0.25, 0.3) is 0 Å². The van der Waals surface area contributed by atoms with Crippen LogP contribution < -0.4 is 5.73 Å². The summed E-state index contributed by atoms with van der Waals surface area (Å²) >= 11 is 15.4. The van der Waals surface area contributed by atoms with Crippen molar-refractivity contribution in [2.75, 3.05) is 0 Å². The fourth-order valence-corrected chi connectivity index (χ4v) is 2.14. The van der Waals surface area contributed by atoms with Crippen LogP contribution in [-0.4, -0.2) is 9.78 Å². The van der Waals surface area contributed by atoms with Crippen molar-refractivity contribution in [3.05, 3.63) is 44.6 Å². The van der Waals surface area contributed by atoms with Crippen LogP contribution in [0.3, 0.4) is 0 Å². The molecule has 0 aliphatic heterocycles. The van der Waals surface area contributed by atoms with Gasteiger partial charge in [0.05, 0.1) is 25.9 Å². The van der Waals surface area contributed by atoms with Gasteiger partial charge in [0.2, 0.25) is 0 Å². The van der Waals surface area contributed by atoms with Crippen LogP contribution in [0.15, 0.2) is 28.9 Å². The van der Waals surface area contributed by atoms with Crippen LogP contribution in [0.2, 0.25) is 10.0 Å². The summed E-state index contributed by atoms with van der Waals surface area (Å²) in [6.45, 7) is 0.367. The molecule has 0 amide bonds. The highest BCUT2D eigenvalue weighted by Crippen LogP contribution is 2.29. The third kappa shape index (κ3) is 2.11. The van der Waals surface area contributed by atoms with Gasteiger partial charge in [0, 0.05) is 12.7 Å². The van der Waals surface area contributed by atoms with E-state index in [9.17, 15) is 0 Å². The third-order valence-corrected chi connectivity index (χ3v) is 3.58. The molecule has 0 saturated carbocycles. The van der Waals surface area contributed by atoms with Crippen LogP contribution in [0.25, 0.3) is 5.69 Å². The summed E-state index contributed by atoms with van der Waals surface area (Å²) in [5.41, 5.74) is 7.05. The van der Waals surface area contributed by atoms with E-state index >= 15 is 0 Å². The summed E-state index contributed by atoms with van der Waals surface area (Å²) < 4.78 is 2.51. The van der Waals surface area contributed by atoms with E-state index in [2.05, 4.69) is 21.0 Å². The molecule has 0 atom stereocenters. The van der Waals surface area contributed by atoms with Crippen LogP contribution in [0.5, 0.6) is 0 Å². The van der Waals surface area contributed by atoms with E-state index in [1.165, 1.54) is 0 Å². The Kier molecular flexibility index (Phi) is 3.54. The van der Waals surface area contributed by atoms with Gasteiger partial charge < -0.3 is 5.73 Å². The average molecular weight is 321 g/mol. The first-order chi connectivity index (χ1) is 7.63. The first kappa shape index (κ1) is 11.9. The van der Waals surface area contributed by atoms with Crippen molar-refractivity contribution >= 4 is 39.1 Å². The molecule has 0 spiro atoms. The Morgan fingerprint density at radius 1 is 1.38 bits per heavy atom. The standard InChI is InChI=1S/C10H8BrCl2N3/c11-6-5-16(15-8(6)4-14)9-3-1-2-7(12)10(9)13/h1-3,5H,4,14H2. The van der Waals surface area contributed by atoms with Gasteiger partial charge in [-0.2, -0.15) is 5.10 Å². The van der Waals surface area contributed by atoms with Gasteiger partial charge in [-0.3, -0.25) is 0 Å². The molecule has 0 saturated heterocycles. The molecule has 0 radical (unpaired) electrons. The molecule has 0 unspecified atom stereocenters. The highest BCUT2D eigenvalue weighted by Gasteiger charge is 2.10. The molecule has 0 aliphatic rings. The number of benzene rings is 1. The fourth-order valence-electron chi connectivity index (χ4n) is 1.32. The molecular formula is C10H8BrCl2N3. The Balaban J connectivity index is 2.54. The molecule has 2 N–H and O–H groups in total. The number of nitrogens with two attached hydrogens (primary N) is 1. The zero-order valence-corrected chi connectivity index (χ0v) is 11.2. The van der Waals surface area contributed by atoms with Gasteiger partial charge in [0.1, 0.15) is 0 Å². The van der Waals surface area contributed by atoms with E-state index in [1.807, 2.05) is 12.1 Å². The van der Waals surface area contributed by atoms with Crippen LogP contribution in [0.4, 0.5) is 0 Å². The van der Waals surface area contributed by atoms with Gasteiger partial charge in [-0.15, -0.1) is 0 Å². The number of aromatic nitrogens is 2. The van der Waals surface area contributed by atoms with Gasteiger partial charge >= 0.3 is 0 Å². The van der Waals surface area contributed by atoms with Gasteiger partial charge in [-0.25, -0.2) is 4.68 Å². The lowest BCUT2D eigenvalue weighted by Gasteiger charge is -2.04. The number of halogens is 3. The molecule has 0 aliphatic carbocycles. The molecule has 0 bridgehead atoms. The maximum absolute atomic E-state index is 6.09. The molecule has 0 fully saturated rings. The van der Waals surface area contributed by atoms with Crippen molar-refractivity contribution in [1.82, 2.24) is 9.78 Å². The molecule has 1 heterocycles. The quantitative estimate of drug-likeness (QED) is 0.921. The molecule has 2 aromatic rings. The highest BCUT2D eigenvalue weighted by atomic mass is 79.9. The van der Waals surface area contributed by atoms with Crippen LogP contribution in [-0.2, 0) is 6.54 Å². The summed E-state index contributed by atoms with van der Waals surface area (Å²) in [5.74, 6) is 0. The molecule has 2 rings (SSSR count). The van der Waals surface area contributed by atoms with Crippen LogP contribution in [0, 0.1) is 0 Å². The summed E-state index contributed by atoms with van der Waals surface area (Å²) in [6.07, 6.45) is 1.81. The Morgan fingerprint density at radius 3 is 2.75 bits per heavy atom. The maximum atomic E-state index is 6.09. The van der Waals surface area contributed by atoms with E-state index in [-0.39, 0.29) is 0 Å². The van der Waals surface area contributed by atoms with E-state index in [4.69, 9.17) is 28.9 Å². The van der Waals surface area contributed by atoms with Crippen molar-refractivity contribution in [1.29, 1.82) is 0 Å². The van der Waals surface area contributed by atoms with Crippen LogP contribution >= 0.6 is 39.1 Å². The summed E-state index contributed by atoms with van der Waals surface area (Å²) in [5, 5.41) is 5.28. The lowest BCUT2D eigenvalue weighted by molar-refractivity contribution is 0.833. The second-order valence-corrected chi connectivity index (χ2v) is 4.78. The zero-order valence-electron chi connectivity index (χ0n) is 8.12. The minimum Gasteiger partial charge on any atom is -0.325 e. The van der Waals surface area contributed by atoms with Crippen molar-refractivity contribution < 1.29 is 0 Å². The predicted octanol–water partition coefficient (Wildman–Crippen LogP) is 3.40. The average Bonchev–Trinajstić information content (AvgIpc) is 2.63. The summed E-state index contributed by atoms with van der Waals surface area (Å²) in [4.78, 5) is 0. The summed E-state index contributed by atoms with van der Waals surface area (Å²) in [6, 6.07) is 5.39. The third-order valence-electron chi connectivity index (χ3n) is 2.11. The molecule has 6 heteroatoms. The number of hydrogen-bond donors (Lipinski definition) is 1. The van der Waals surface area contributed by atoms with Crippen molar-refractivity contribution in [2.45, 2.75) is 6.54 Å². The van der Waals surface area contributed by atoms with Crippen molar-refractivity contribution in [3.8, 4) is 5.69 Å². The molecule has 16 heavy (non-hydrogen) atoms. The largest absolute Gasteiger partial charge is 0.325 e. The van der Waals surface area contributed by atoms with Crippen molar-refractivity contribution in [2.24, 2.45) is 5.73 Å². The van der Waals surface area contributed by atoms with Gasteiger partial charge in [-0.05, 0) is 28.1 Å². The summed E-state index contributed by atoms with van der Waals surface area (Å²) in [7, 11) is 0.